The van der Waals surface area contributed by atoms with E-state index in [1.807, 2.05) is 36.5 Å². The number of rotatable bonds is 6. The number of nitriles is 1. The molecule has 0 fully saturated rings. The summed E-state index contributed by atoms with van der Waals surface area (Å²) in [5.74, 6) is 0.409. The number of carbonyl (C=O) groups excluding carboxylic acids is 1. The van der Waals surface area contributed by atoms with Crippen molar-refractivity contribution < 1.29 is 9.21 Å². The van der Waals surface area contributed by atoms with Gasteiger partial charge in [0.1, 0.15) is 23.2 Å². The Kier molecular flexibility index (Phi) is 6.13. The third-order valence-corrected chi connectivity index (χ3v) is 5.39. The number of amides is 1. The number of halogens is 2. The Labute approximate surface area is 188 Å². The Morgan fingerprint density at radius 1 is 1.16 bits per heavy atom. The lowest BCUT2D eigenvalue weighted by Crippen LogP contribution is -2.26. The van der Waals surface area contributed by atoms with Crippen LogP contribution in [-0.2, 0) is 11.2 Å². The monoisotopic (exact) mass is 449 g/mol. The first-order chi connectivity index (χ1) is 15.0. The van der Waals surface area contributed by atoms with Crippen LogP contribution in [0.15, 0.2) is 70.8 Å². The number of furan rings is 1. The largest absolute Gasteiger partial charge is 0.457 e. The quantitative estimate of drug-likeness (QED) is 0.279. The van der Waals surface area contributed by atoms with Crippen molar-refractivity contribution in [3.05, 3.63) is 87.7 Å². The number of H-pyrrole nitrogens is 1. The minimum absolute atomic E-state index is 0.0444. The van der Waals surface area contributed by atoms with E-state index in [0.29, 0.717) is 40.1 Å². The summed E-state index contributed by atoms with van der Waals surface area (Å²) in [6.07, 6.45) is 3.98. The maximum absolute atomic E-state index is 12.5. The van der Waals surface area contributed by atoms with Gasteiger partial charge in [0.05, 0.1) is 5.02 Å². The summed E-state index contributed by atoms with van der Waals surface area (Å²) >= 11 is 12.2. The molecule has 0 unspecified atom stereocenters. The predicted octanol–water partition coefficient (Wildman–Crippen LogP) is 6.00. The lowest BCUT2D eigenvalue weighted by atomic mass is 10.1. The number of nitrogens with zero attached hydrogens (tertiary/aromatic N) is 1. The van der Waals surface area contributed by atoms with Crippen molar-refractivity contribution in [2.24, 2.45) is 0 Å². The van der Waals surface area contributed by atoms with Gasteiger partial charge in [0, 0.05) is 40.3 Å². The van der Waals surface area contributed by atoms with Crippen LogP contribution in [-0.4, -0.2) is 17.4 Å². The molecule has 0 atom stereocenters. The Balaban J connectivity index is 1.43. The van der Waals surface area contributed by atoms with E-state index in [-0.39, 0.29) is 5.57 Å². The van der Waals surface area contributed by atoms with Crippen molar-refractivity contribution in [3.8, 4) is 17.4 Å². The minimum Gasteiger partial charge on any atom is -0.457 e. The molecule has 5 nitrogen and oxygen atoms in total. The zero-order valence-electron chi connectivity index (χ0n) is 16.3. The van der Waals surface area contributed by atoms with Crippen molar-refractivity contribution in [3.63, 3.8) is 0 Å². The zero-order valence-corrected chi connectivity index (χ0v) is 17.8. The van der Waals surface area contributed by atoms with Crippen LogP contribution in [0.25, 0.3) is 28.3 Å². The first kappa shape index (κ1) is 20.8. The van der Waals surface area contributed by atoms with Crippen LogP contribution < -0.4 is 5.32 Å². The smallest absolute Gasteiger partial charge is 0.262 e. The Morgan fingerprint density at radius 3 is 2.84 bits per heavy atom. The van der Waals surface area contributed by atoms with E-state index in [0.717, 1.165) is 16.5 Å². The lowest BCUT2D eigenvalue weighted by Gasteiger charge is -2.04. The van der Waals surface area contributed by atoms with Gasteiger partial charge in [-0.1, -0.05) is 41.4 Å². The van der Waals surface area contributed by atoms with E-state index >= 15 is 0 Å². The number of aromatic amines is 1. The van der Waals surface area contributed by atoms with Crippen molar-refractivity contribution in [1.82, 2.24) is 10.3 Å². The van der Waals surface area contributed by atoms with Gasteiger partial charge >= 0.3 is 0 Å². The molecule has 0 saturated carbocycles. The average Bonchev–Trinajstić information content (AvgIpc) is 3.41. The van der Waals surface area contributed by atoms with Crippen LogP contribution in [0, 0.1) is 11.3 Å². The molecule has 2 aromatic heterocycles. The van der Waals surface area contributed by atoms with Crippen LogP contribution in [0.5, 0.6) is 0 Å². The SMILES string of the molecule is N#C/C(=C/c1ccc(-c2cc(Cl)ccc2Cl)o1)C(=O)NCCc1c[nH]c2ccccc12. The van der Waals surface area contributed by atoms with Gasteiger partial charge in [-0.2, -0.15) is 5.26 Å². The molecule has 0 bridgehead atoms. The summed E-state index contributed by atoms with van der Waals surface area (Å²) in [6, 6.07) is 18.3. The molecule has 154 valence electrons. The molecule has 0 aliphatic rings. The molecule has 0 spiro atoms. The van der Waals surface area contributed by atoms with Crippen molar-refractivity contribution >= 4 is 46.1 Å². The molecular formula is C24H17Cl2N3O2. The molecule has 0 saturated heterocycles. The Hall–Kier alpha value is -3.46. The van der Waals surface area contributed by atoms with Gasteiger partial charge in [-0.3, -0.25) is 4.79 Å². The molecule has 4 aromatic rings. The van der Waals surface area contributed by atoms with E-state index in [2.05, 4.69) is 10.3 Å². The van der Waals surface area contributed by atoms with Gasteiger partial charge in [-0.15, -0.1) is 0 Å². The average molecular weight is 450 g/mol. The number of fused-ring (bicyclic) bond motifs is 1. The second-order valence-electron chi connectivity index (χ2n) is 6.86. The van der Waals surface area contributed by atoms with Crippen LogP contribution in [0.4, 0.5) is 0 Å². The molecule has 2 heterocycles. The van der Waals surface area contributed by atoms with Crippen molar-refractivity contribution in [2.45, 2.75) is 6.42 Å². The number of benzene rings is 2. The normalized spacial score (nSPS) is 11.5. The highest BCUT2D eigenvalue weighted by atomic mass is 35.5. The van der Waals surface area contributed by atoms with E-state index in [4.69, 9.17) is 27.6 Å². The van der Waals surface area contributed by atoms with Crippen molar-refractivity contribution in [1.29, 1.82) is 5.26 Å². The fourth-order valence-corrected chi connectivity index (χ4v) is 3.68. The Bertz CT molecular complexity index is 1330. The second-order valence-corrected chi connectivity index (χ2v) is 7.71. The molecule has 0 radical (unpaired) electrons. The molecule has 0 aliphatic carbocycles. The number of aromatic nitrogens is 1. The molecule has 4 rings (SSSR count). The van der Waals surface area contributed by atoms with Gasteiger partial charge in [0.25, 0.3) is 5.91 Å². The maximum Gasteiger partial charge on any atom is 0.262 e. The summed E-state index contributed by atoms with van der Waals surface area (Å²) in [5, 5.41) is 14.3. The first-order valence-corrected chi connectivity index (χ1v) is 10.3. The maximum atomic E-state index is 12.5. The molecule has 2 N–H and O–H groups in total. The second kappa shape index (κ2) is 9.13. The summed E-state index contributed by atoms with van der Waals surface area (Å²) in [5.41, 5.74) is 2.75. The van der Waals surface area contributed by atoms with E-state index in [1.54, 1.807) is 30.3 Å². The number of carbonyl (C=O) groups is 1. The Morgan fingerprint density at radius 2 is 2.00 bits per heavy atom. The molecule has 31 heavy (non-hydrogen) atoms. The fourth-order valence-electron chi connectivity index (χ4n) is 3.30. The van der Waals surface area contributed by atoms with Gasteiger partial charge in [0.15, 0.2) is 0 Å². The van der Waals surface area contributed by atoms with Gasteiger partial charge in [0.2, 0.25) is 0 Å². The zero-order chi connectivity index (χ0) is 21.8. The standard InChI is InChI=1S/C24H17Cl2N3O2/c25-17-5-7-21(26)20(12-17)23-8-6-18(31-23)11-16(13-27)24(30)28-10-9-15-14-29-22-4-2-1-3-19(15)22/h1-8,11-12,14,29H,9-10H2,(H,28,30)/b16-11-. The minimum atomic E-state index is -0.457. The first-order valence-electron chi connectivity index (χ1n) is 9.55. The third-order valence-electron chi connectivity index (χ3n) is 4.83. The number of nitrogens with one attached hydrogen (secondary N) is 2. The highest BCUT2D eigenvalue weighted by Gasteiger charge is 2.13. The topological polar surface area (TPSA) is 81.8 Å². The van der Waals surface area contributed by atoms with E-state index in [1.165, 1.54) is 6.08 Å². The van der Waals surface area contributed by atoms with Crippen molar-refractivity contribution in [2.75, 3.05) is 6.54 Å². The fraction of sp³-hybridized carbons (Fsp3) is 0.0833. The molecule has 2 aromatic carbocycles. The predicted molar refractivity (Wildman–Crippen MR) is 123 cm³/mol. The molecule has 1 amide bonds. The lowest BCUT2D eigenvalue weighted by molar-refractivity contribution is -0.117. The van der Waals surface area contributed by atoms with E-state index < -0.39 is 5.91 Å². The van der Waals surface area contributed by atoms with Crippen LogP contribution in [0.1, 0.15) is 11.3 Å². The number of hydrogen-bond donors (Lipinski definition) is 2. The van der Waals surface area contributed by atoms with Crippen LogP contribution in [0.2, 0.25) is 10.0 Å². The number of para-hydroxylation sites is 1. The van der Waals surface area contributed by atoms with Crippen LogP contribution in [0.3, 0.4) is 0 Å². The van der Waals surface area contributed by atoms with Gasteiger partial charge in [-0.25, -0.2) is 0 Å². The molecule has 7 heteroatoms. The van der Waals surface area contributed by atoms with E-state index in [9.17, 15) is 10.1 Å². The highest BCUT2D eigenvalue weighted by molar-refractivity contribution is 6.35. The summed E-state index contributed by atoms with van der Waals surface area (Å²) < 4.78 is 5.74. The third kappa shape index (κ3) is 4.66. The molecular weight excluding hydrogens is 433 g/mol. The number of hydrogen-bond acceptors (Lipinski definition) is 3. The van der Waals surface area contributed by atoms with Crippen LogP contribution >= 0.6 is 23.2 Å². The summed E-state index contributed by atoms with van der Waals surface area (Å²) in [6.45, 7) is 0.404. The van der Waals surface area contributed by atoms with Gasteiger partial charge in [-0.05, 0) is 48.4 Å². The molecule has 0 aliphatic heterocycles. The summed E-state index contributed by atoms with van der Waals surface area (Å²) in [4.78, 5) is 15.7. The van der Waals surface area contributed by atoms with Gasteiger partial charge < -0.3 is 14.7 Å². The summed E-state index contributed by atoms with van der Waals surface area (Å²) in [7, 11) is 0. The highest BCUT2D eigenvalue weighted by Crippen LogP contribution is 2.32.